The maximum absolute atomic E-state index is 9.39. The summed E-state index contributed by atoms with van der Waals surface area (Å²) in [5.74, 6) is 0. The highest BCUT2D eigenvalue weighted by atomic mass is 127. The molecule has 0 radical (unpaired) electrons. The third-order valence-electron chi connectivity index (χ3n) is 2.67. The molecule has 2 heterocycles. The number of alkyl halides is 1. The van der Waals surface area contributed by atoms with Crippen molar-refractivity contribution >= 4 is 48.1 Å². The van der Waals surface area contributed by atoms with Crippen LogP contribution in [0.1, 0.15) is 6.42 Å². The fourth-order valence-corrected chi connectivity index (χ4v) is 8.44. The smallest absolute Gasteiger partial charge is 0.358 e. The van der Waals surface area contributed by atoms with Gasteiger partial charge in [0.05, 0.1) is 6.61 Å². The van der Waals surface area contributed by atoms with Gasteiger partial charge >= 0.3 is 11.9 Å². The van der Waals surface area contributed by atoms with Gasteiger partial charge in [-0.15, -0.1) is 0 Å². The minimum absolute atomic E-state index is 0.0828. The summed E-state index contributed by atoms with van der Waals surface area (Å²) >= 11 is 6.10. The van der Waals surface area contributed by atoms with Crippen molar-refractivity contribution in [3.05, 3.63) is 0 Å². The Labute approximate surface area is 109 Å². The van der Waals surface area contributed by atoms with Gasteiger partial charge in [-0.05, 0) is 11.3 Å². The zero-order chi connectivity index (χ0) is 10.1. The first-order valence-electron chi connectivity index (χ1n) is 4.72. The Morgan fingerprint density at radius 2 is 2.29 bits per heavy atom. The maximum Gasteiger partial charge on any atom is 0.358 e. The van der Waals surface area contributed by atoms with E-state index in [0.29, 0.717) is 16.3 Å². The van der Waals surface area contributed by atoms with Crippen molar-refractivity contribution in [2.45, 2.75) is 34.6 Å². The Morgan fingerprint density at radius 1 is 1.50 bits per heavy atom. The van der Waals surface area contributed by atoms with Crippen LogP contribution in [-0.4, -0.2) is 51.9 Å². The first-order valence-corrected chi connectivity index (χ1v) is 11.6. The second-order valence-electron chi connectivity index (χ2n) is 3.72. The standard InChI is InChI=1S/C7H12BrN2O2.Al.HI.H/c8-4-1-5-7(9-2-4)12-3-6(11)10-5;;;/h2,4-7,9-11H,1,3H2;;1H;/q;+1;;/p-1. The molecule has 2 saturated heterocycles. The molecule has 2 fully saturated rings. The number of piperidine rings is 1. The quantitative estimate of drug-likeness (QED) is 0.321. The molecule has 0 aromatic heterocycles. The van der Waals surface area contributed by atoms with E-state index in [1.54, 1.807) is 0 Å². The SMILES string of the molecule is OC1COC2N[CH]([AlH][I])C(Br)CC2N1. The van der Waals surface area contributed by atoms with Gasteiger partial charge in [-0.3, -0.25) is 10.6 Å². The van der Waals surface area contributed by atoms with Crippen LogP contribution in [-0.2, 0) is 4.74 Å². The Balaban J connectivity index is 1.97. The van der Waals surface area contributed by atoms with E-state index in [1.807, 2.05) is 0 Å². The van der Waals surface area contributed by atoms with Crippen molar-refractivity contribution in [3.63, 3.8) is 0 Å². The summed E-state index contributed by atoms with van der Waals surface area (Å²) in [5, 5.41) is 16.0. The second kappa shape index (κ2) is 5.28. The molecule has 0 amide bonds. The summed E-state index contributed by atoms with van der Waals surface area (Å²) < 4.78 is 5.55. The molecule has 0 aliphatic carbocycles. The van der Waals surface area contributed by atoms with E-state index in [1.165, 1.54) is 0 Å². The predicted octanol–water partition coefficient (Wildman–Crippen LogP) is -0.511. The Hall–Kier alpha value is 1.58. The molecule has 2 aliphatic heterocycles. The van der Waals surface area contributed by atoms with E-state index in [2.05, 4.69) is 46.8 Å². The highest BCUT2D eigenvalue weighted by molar-refractivity contribution is 14.1. The lowest BCUT2D eigenvalue weighted by Gasteiger charge is -2.44. The average Bonchev–Trinajstić information content (AvgIpc) is 2.16. The number of fused-ring (bicyclic) bond motifs is 1. The Kier molecular flexibility index (Phi) is 4.54. The molecule has 0 aromatic carbocycles. The molecule has 80 valence electrons. The topological polar surface area (TPSA) is 53.5 Å². The van der Waals surface area contributed by atoms with Gasteiger partial charge < -0.3 is 9.84 Å². The van der Waals surface area contributed by atoms with Crippen LogP contribution in [0.15, 0.2) is 0 Å². The van der Waals surface area contributed by atoms with Crippen LogP contribution in [0.3, 0.4) is 0 Å². The van der Waals surface area contributed by atoms with E-state index in [4.69, 9.17) is 4.74 Å². The fourth-order valence-electron chi connectivity index (χ4n) is 1.91. The summed E-state index contributed by atoms with van der Waals surface area (Å²) in [6.07, 6.45) is 0.598. The van der Waals surface area contributed by atoms with Crippen LogP contribution < -0.4 is 10.6 Å². The van der Waals surface area contributed by atoms with Crippen LogP contribution >= 0.6 is 36.2 Å². The normalized spacial score (nSPS) is 48.4. The van der Waals surface area contributed by atoms with Gasteiger partial charge in [0.2, 0.25) is 0 Å². The molecule has 0 spiro atoms. The molecule has 14 heavy (non-hydrogen) atoms. The number of aliphatic hydroxyl groups excluding tert-OH is 1. The lowest BCUT2D eigenvalue weighted by Crippen LogP contribution is -2.66. The van der Waals surface area contributed by atoms with Crippen LogP contribution in [0.25, 0.3) is 0 Å². The zero-order valence-corrected chi connectivity index (χ0v) is 12.8. The highest BCUT2D eigenvalue weighted by Crippen LogP contribution is 2.24. The van der Waals surface area contributed by atoms with Crippen molar-refractivity contribution in [1.82, 2.24) is 10.6 Å². The second-order valence-corrected chi connectivity index (χ2v) is 8.73. The summed E-state index contributed by atoms with van der Waals surface area (Å²) in [6.45, 7) is 0.386. The molecule has 2 rings (SSSR count). The maximum atomic E-state index is 9.39. The Morgan fingerprint density at radius 3 is 3.00 bits per heavy atom. The zero-order valence-electron chi connectivity index (χ0n) is 7.62. The van der Waals surface area contributed by atoms with Crippen molar-refractivity contribution in [3.8, 4) is 0 Å². The number of hydrogen-bond donors (Lipinski definition) is 3. The van der Waals surface area contributed by atoms with Gasteiger partial charge in [-0.2, -0.15) is 0 Å². The van der Waals surface area contributed by atoms with Crippen molar-refractivity contribution in [2.24, 2.45) is 0 Å². The molecule has 3 N–H and O–H groups in total. The van der Waals surface area contributed by atoms with E-state index >= 15 is 0 Å². The number of rotatable bonds is 1. The van der Waals surface area contributed by atoms with Gasteiger partial charge in [0.1, 0.15) is 12.5 Å². The fraction of sp³-hybridized carbons (Fsp3) is 1.00. The third kappa shape index (κ3) is 2.63. The van der Waals surface area contributed by atoms with E-state index in [9.17, 15) is 5.11 Å². The molecule has 5 unspecified atom stereocenters. The van der Waals surface area contributed by atoms with Gasteiger partial charge in [0.15, 0.2) is 0 Å². The largest absolute Gasteiger partial charge is 0.376 e. The molecule has 7 heteroatoms. The van der Waals surface area contributed by atoms with Crippen molar-refractivity contribution in [1.29, 1.82) is 0 Å². The minimum Gasteiger partial charge on any atom is -0.376 e. The van der Waals surface area contributed by atoms with Crippen molar-refractivity contribution in [2.75, 3.05) is 6.61 Å². The summed E-state index contributed by atoms with van der Waals surface area (Å²) in [4.78, 5) is 1.10. The highest BCUT2D eigenvalue weighted by Gasteiger charge is 2.39. The summed E-state index contributed by atoms with van der Waals surface area (Å²) in [7, 11) is 0. The van der Waals surface area contributed by atoms with Crippen LogP contribution in [0.5, 0.6) is 0 Å². The van der Waals surface area contributed by atoms with E-state index in [-0.39, 0.29) is 24.2 Å². The van der Waals surface area contributed by atoms with Gasteiger partial charge in [-0.25, -0.2) is 20.3 Å². The van der Waals surface area contributed by atoms with Crippen LogP contribution in [0.4, 0.5) is 0 Å². The number of morpholine rings is 1. The average molecular weight is 391 g/mol. The molecular weight excluding hydrogens is 378 g/mol. The minimum atomic E-state index is -0.508. The molecule has 0 aromatic rings. The molecule has 0 bridgehead atoms. The number of aliphatic hydroxyl groups is 1. The molecular formula is C7H13AlBrIN2O2. The van der Waals surface area contributed by atoms with Crippen LogP contribution in [0, 0.1) is 0 Å². The van der Waals surface area contributed by atoms with Crippen molar-refractivity contribution < 1.29 is 9.84 Å². The number of ether oxygens (including phenoxy) is 1. The van der Waals surface area contributed by atoms with Gasteiger partial charge in [-0.1, -0.05) is 15.9 Å². The number of halogens is 2. The third-order valence-corrected chi connectivity index (χ3v) is 8.35. The molecule has 4 nitrogen and oxygen atoms in total. The summed E-state index contributed by atoms with van der Waals surface area (Å²) in [5.41, 5.74) is 0. The Bertz CT molecular complexity index is 214. The lowest BCUT2D eigenvalue weighted by molar-refractivity contribution is -0.110. The predicted molar refractivity (Wildman–Crippen MR) is 68.1 cm³/mol. The van der Waals surface area contributed by atoms with Crippen LogP contribution in [0.2, 0.25) is 0 Å². The van der Waals surface area contributed by atoms with E-state index in [0.717, 1.165) is 6.42 Å². The van der Waals surface area contributed by atoms with Gasteiger partial charge in [0, 0.05) is 10.9 Å². The summed E-state index contributed by atoms with van der Waals surface area (Å²) in [6, 6.07) is 0.233. The van der Waals surface area contributed by atoms with Gasteiger partial charge in [0.25, 0.3) is 0 Å². The molecule has 2 aliphatic rings. The monoisotopic (exact) mass is 390 g/mol. The number of nitrogens with one attached hydrogen (secondary N) is 2. The first kappa shape index (κ1) is 12.1. The molecule has 5 atom stereocenters. The molecule has 0 saturated carbocycles. The number of hydrogen-bond acceptors (Lipinski definition) is 4. The van der Waals surface area contributed by atoms with E-state index < -0.39 is 6.23 Å². The first-order chi connectivity index (χ1) is 6.70. The lowest BCUT2D eigenvalue weighted by atomic mass is 10.0.